The van der Waals surface area contributed by atoms with Gasteiger partial charge in [-0.05, 0) is 32.7 Å². The molecule has 0 heterocycles. The van der Waals surface area contributed by atoms with Gasteiger partial charge in [-0.15, -0.1) is 0 Å². The molecule has 0 aliphatic heterocycles. The molecule has 0 unspecified atom stereocenters. The third-order valence-corrected chi connectivity index (χ3v) is 2.33. The fourth-order valence-corrected chi connectivity index (χ4v) is 1.57. The Labute approximate surface area is 84.7 Å². The molecule has 0 aromatic heterocycles. The van der Waals surface area contributed by atoms with Gasteiger partial charge in [0.15, 0.2) is 0 Å². The van der Waals surface area contributed by atoms with Crippen molar-refractivity contribution in [1.29, 1.82) is 0 Å². The average Bonchev–Trinajstić information content (AvgIpc) is 2.20. The van der Waals surface area contributed by atoms with E-state index in [0.29, 0.717) is 6.42 Å². The summed E-state index contributed by atoms with van der Waals surface area (Å²) in [7, 11) is 0.870. The van der Waals surface area contributed by atoms with Crippen LogP contribution in [-0.4, -0.2) is 24.1 Å². The zero-order valence-electron chi connectivity index (χ0n) is 7.92. The number of phenolic OH excluding ortho intramolecular Hbond substituents is 1. The highest BCUT2D eigenvalue weighted by molar-refractivity contribution is 7.25. The Morgan fingerprint density at radius 3 is 2.64 bits per heavy atom. The van der Waals surface area contributed by atoms with Crippen molar-refractivity contribution in [2.45, 2.75) is 12.5 Å². The molecule has 0 saturated heterocycles. The van der Waals surface area contributed by atoms with Crippen LogP contribution in [0.4, 0.5) is 0 Å². The summed E-state index contributed by atoms with van der Waals surface area (Å²) in [4.78, 5) is 10.6. The van der Waals surface area contributed by atoms with Crippen LogP contribution in [-0.2, 0) is 11.2 Å². The van der Waals surface area contributed by atoms with Gasteiger partial charge in [0.25, 0.3) is 0 Å². The van der Waals surface area contributed by atoms with Crippen LogP contribution < -0.4 is 0 Å². The molecule has 1 rings (SSSR count). The number of phenols is 1. The van der Waals surface area contributed by atoms with Crippen LogP contribution in [0.1, 0.15) is 5.56 Å². The summed E-state index contributed by atoms with van der Waals surface area (Å²) in [6, 6.07) is 6.55. The molecular formula is C10H12NO2P. The second kappa shape index (κ2) is 5.51. The van der Waals surface area contributed by atoms with Crippen LogP contribution in [0.5, 0.6) is 5.75 Å². The van der Waals surface area contributed by atoms with Crippen molar-refractivity contribution < 1.29 is 9.90 Å². The minimum Gasteiger partial charge on any atom is -0.508 e. The Balaban J connectivity index is 2.67. The van der Waals surface area contributed by atoms with Gasteiger partial charge in [-0.3, -0.25) is 4.74 Å². The largest absolute Gasteiger partial charge is 0.508 e. The van der Waals surface area contributed by atoms with E-state index >= 15 is 0 Å². The van der Waals surface area contributed by atoms with Gasteiger partial charge in [0, 0.05) is 6.42 Å². The maximum Gasteiger partial charge on any atom is 0.145 e. The highest BCUT2D eigenvalue weighted by Gasteiger charge is 2.05. The molecule has 14 heavy (non-hydrogen) atoms. The van der Waals surface area contributed by atoms with Gasteiger partial charge in [0.05, 0.1) is 0 Å². The first-order valence-corrected chi connectivity index (χ1v) is 5.58. The van der Waals surface area contributed by atoms with Gasteiger partial charge in [-0.1, -0.05) is 12.1 Å². The number of rotatable bonds is 4. The summed E-state index contributed by atoms with van der Waals surface area (Å²) < 4.78 is 4.10. The number of aldehydes is 1. The van der Waals surface area contributed by atoms with Crippen LogP contribution in [0.25, 0.3) is 0 Å². The van der Waals surface area contributed by atoms with Gasteiger partial charge in [0.2, 0.25) is 0 Å². The molecule has 0 fully saturated rings. The second-order valence-electron chi connectivity index (χ2n) is 2.89. The number of hydrogen-bond acceptors (Lipinski definition) is 3. The Hall–Kier alpha value is -1.21. The number of benzene rings is 1. The van der Waals surface area contributed by atoms with E-state index in [9.17, 15) is 4.79 Å². The van der Waals surface area contributed by atoms with E-state index in [2.05, 4.69) is 4.74 Å². The fourth-order valence-electron chi connectivity index (χ4n) is 1.14. The van der Waals surface area contributed by atoms with Crippen LogP contribution in [0, 0.1) is 0 Å². The Morgan fingerprint density at radius 2 is 2.14 bits per heavy atom. The minimum absolute atomic E-state index is 0.238. The van der Waals surface area contributed by atoms with Crippen molar-refractivity contribution in [2.24, 2.45) is 4.74 Å². The van der Waals surface area contributed by atoms with Crippen molar-refractivity contribution in [3.63, 3.8) is 0 Å². The summed E-state index contributed by atoms with van der Waals surface area (Å²) in [5.41, 5.74) is 1.01. The van der Waals surface area contributed by atoms with Gasteiger partial charge >= 0.3 is 0 Å². The molecule has 4 heteroatoms. The summed E-state index contributed by atoms with van der Waals surface area (Å²) in [5, 5.41) is 9.06. The van der Waals surface area contributed by atoms with Crippen molar-refractivity contribution in [1.82, 2.24) is 0 Å². The van der Waals surface area contributed by atoms with E-state index in [4.69, 9.17) is 5.11 Å². The SMILES string of the molecule is CP=N[C@H](C=O)Cc1ccc(O)cc1. The third-order valence-electron chi connectivity index (χ3n) is 1.80. The molecule has 1 aromatic rings. The maximum atomic E-state index is 10.6. The first-order valence-electron chi connectivity index (χ1n) is 4.28. The first-order chi connectivity index (χ1) is 6.76. The van der Waals surface area contributed by atoms with Crippen molar-refractivity contribution >= 4 is 14.7 Å². The van der Waals surface area contributed by atoms with E-state index in [1.165, 1.54) is 0 Å². The van der Waals surface area contributed by atoms with Gasteiger partial charge in [-0.25, -0.2) is 0 Å². The molecule has 3 nitrogen and oxygen atoms in total. The summed E-state index contributed by atoms with van der Waals surface area (Å²) in [5.74, 6) is 0.238. The summed E-state index contributed by atoms with van der Waals surface area (Å²) >= 11 is 0. The number of nitrogens with zero attached hydrogens (tertiary/aromatic N) is 1. The molecule has 1 N–H and O–H groups in total. The molecule has 0 amide bonds. The summed E-state index contributed by atoms with van der Waals surface area (Å²) in [6.07, 6.45) is 1.45. The highest BCUT2D eigenvalue weighted by atomic mass is 31.1. The predicted octanol–water partition coefficient (Wildman–Crippen LogP) is 2.26. The molecule has 0 radical (unpaired) electrons. The number of aromatic hydroxyl groups is 1. The zero-order chi connectivity index (χ0) is 10.4. The van der Waals surface area contributed by atoms with Crippen molar-refractivity contribution in [3.8, 4) is 5.75 Å². The average molecular weight is 209 g/mol. The topological polar surface area (TPSA) is 49.7 Å². The zero-order valence-corrected chi connectivity index (χ0v) is 8.82. The number of hydrogen-bond donors (Lipinski definition) is 1. The molecule has 1 aromatic carbocycles. The molecule has 0 spiro atoms. The number of carbonyl (C=O) groups is 1. The highest BCUT2D eigenvalue weighted by Crippen LogP contribution is 2.12. The van der Waals surface area contributed by atoms with Crippen LogP contribution in [0.15, 0.2) is 29.0 Å². The smallest absolute Gasteiger partial charge is 0.145 e. The summed E-state index contributed by atoms with van der Waals surface area (Å²) in [6.45, 7) is 1.88. The lowest BCUT2D eigenvalue weighted by molar-refractivity contribution is -0.108. The monoisotopic (exact) mass is 209 g/mol. The van der Waals surface area contributed by atoms with Crippen LogP contribution in [0.2, 0.25) is 0 Å². The lowest BCUT2D eigenvalue weighted by Crippen LogP contribution is -2.08. The van der Waals surface area contributed by atoms with Crippen LogP contribution in [0.3, 0.4) is 0 Å². The second-order valence-corrected chi connectivity index (χ2v) is 3.52. The van der Waals surface area contributed by atoms with E-state index < -0.39 is 0 Å². The lowest BCUT2D eigenvalue weighted by atomic mass is 10.1. The number of carbonyl (C=O) groups excluding carboxylic acids is 1. The van der Waals surface area contributed by atoms with Crippen LogP contribution >= 0.6 is 8.37 Å². The van der Waals surface area contributed by atoms with E-state index in [-0.39, 0.29) is 11.8 Å². The quantitative estimate of drug-likeness (QED) is 0.610. The molecule has 0 aliphatic carbocycles. The molecular weight excluding hydrogens is 197 g/mol. The lowest BCUT2D eigenvalue weighted by Gasteiger charge is -2.04. The van der Waals surface area contributed by atoms with E-state index in [1.807, 2.05) is 6.66 Å². The Bertz CT molecular complexity index is 321. The molecule has 74 valence electrons. The normalized spacial score (nSPS) is 12.9. The van der Waals surface area contributed by atoms with E-state index in [0.717, 1.165) is 20.2 Å². The molecule has 0 bridgehead atoms. The Kier molecular flexibility index (Phi) is 4.27. The van der Waals surface area contributed by atoms with Gasteiger partial charge in [0.1, 0.15) is 18.1 Å². The molecule has 0 aliphatic rings. The van der Waals surface area contributed by atoms with Crippen molar-refractivity contribution in [3.05, 3.63) is 29.8 Å². The van der Waals surface area contributed by atoms with E-state index in [1.54, 1.807) is 24.3 Å². The molecule has 1 atom stereocenters. The minimum atomic E-state index is -0.272. The van der Waals surface area contributed by atoms with Gasteiger partial charge in [-0.2, -0.15) is 0 Å². The molecule has 0 saturated carbocycles. The van der Waals surface area contributed by atoms with Crippen molar-refractivity contribution in [2.75, 3.05) is 6.66 Å². The predicted molar refractivity (Wildman–Crippen MR) is 56.9 cm³/mol. The third kappa shape index (κ3) is 3.27. The van der Waals surface area contributed by atoms with Gasteiger partial charge < -0.3 is 9.90 Å². The maximum absolute atomic E-state index is 10.6. The fraction of sp³-hybridized carbons (Fsp3) is 0.300. The Morgan fingerprint density at radius 1 is 1.50 bits per heavy atom. The first kappa shape index (κ1) is 10.9. The standard InChI is InChI=1S/C10H12NO2P/c1-14-11-9(7-12)6-8-2-4-10(13)5-3-8/h2-5,7,9,13H,6H2,1H3/t9-/m0/s1.